The Morgan fingerprint density at radius 2 is 2.00 bits per heavy atom. The van der Waals surface area contributed by atoms with Gasteiger partial charge in [-0.3, -0.25) is 4.90 Å². The minimum Gasteiger partial charge on any atom is -0.445 e. The molecule has 4 rings (SSSR count). The van der Waals surface area contributed by atoms with Gasteiger partial charge >= 0.3 is 5.63 Å². The van der Waals surface area contributed by atoms with Crippen molar-refractivity contribution in [3.05, 3.63) is 39.2 Å². The van der Waals surface area contributed by atoms with Gasteiger partial charge in [0.2, 0.25) is 6.73 Å². The monoisotopic (exact) mass is 330 g/mol. The Labute approximate surface area is 141 Å². The third-order valence-corrected chi connectivity index (χ3v) is 5.19. The van der Waals surface area contributed by atoms with Crippen molar-refractivity contribution < 1.29 is 18.8 Å². The Balaban J connectivity index is 1.74. The summed E-state index contributed by atoms with van der Waals surface area (Å²) < 4.78 is 16.8. The molecule has 1 aliphatic heterocycles. The molecule has 1 N–H and O–H groups in total. The van der Waals surface area contributed by atoms with E-state index in [1.165, 1.54) is 10.5 Å². The van der Waals surface area contributed by atoms with Crippen LogP contribution in [0.25, 0.3) is 11.0 Å². The van der Waals surface area contributed by atoms with Gasteiger partial charge < -0.3 is 13.9 Å². The molecule has 0 spiro atoms. The molecule has 0 fully saturated rings. The molecule has 24 heavy (non-hydrogen) atoms. The quantitative estimate of drug-likeness (QED) is 0.681. The number of ether oxygens (including phenoxy) is 2. The topological polar surface area (TPSA) is 53.1 Å². The van der Waals surface area contributed by atoms with Crippen molar-refractivity contribution in [2.45, 2.75) is 38.6 Å². The van der Waals surface area contributed by atoms with E-state index in [2.05, 4.69) is 6.07 Å². The highest BCUT2D eigenvalue weighted by molar-refractivity contribution is 5.86. The number of benzene rings is 1. The zero-order valence-corrected chi connectivity index (χ0v) is 14.2. The second-order valence-electron chi connectivity index (χ2n) is 6.78. The molecule has 0 amide bonds. The highest BCUT2D eigenvalue weighted by atomic mass is 16.5. The van der Waals surface area contributed by atoms with Crippen molar-refractivity contribution in [2.24, 2.45) is 0 Å². The highest BCUT2D eigenvalue weighted by Crippen LogP contribution is 2.33. The second-order valence-corrected chi connectivity index (χ2v) is 6.78. The number of hydrogen-bond donors (Lipinski definition) is 1. The summed E-state index contributed by atoms with van der Waals surface area (Å²) in [6, 6.07) is 4.11. The van der Waals surface area contributed by atoms with Crippen LogP contribution in [0.1, 0.15) is 36.0 Å². The van der Waals surface area contributed by atoms with Crippen LogP contribution in [-0.4, -0.2) is 27.0 Å². The molecular formula is C19H24NO4+. The lowest BCUT2D eigenvalue weighted by Gasteiger charge is -2.27. The van der Waals surface area contributed by atoms with Gasteiger partial charge in [0.1, 0.15) is 12.3 Å². The first-order valence-electron chi connectivity index (χ1n) is 8.83. The van der Waals surface area contributed by atoms with Gasteiger partial charge in [0, 0.05) is 24.5 Å². The molecule has 5 nitrogen and oxygen atoms in total. The van der Waals surface area contributed by atoms with Crippen LogP contribution in [0.2, 0.25) is 0 Å². The molecule has 0 saturated heterocycles. The van der Waals surface area contributed by atoms with Crippen molar-refractivity contribution in [1.29, 1.82) is 0 Å². The summed E-state index contributed by atoms with van der Waals surface area (Å²) in [6.45, 7) is 3.23. The van der Waals surface area contributed by atoms with Gasteiger partial charge in [-0.05, 0) is 43.4 Å². The number of quaternary nitrogens is 1. The predicted molar refractivity (Wildman–Crippen MR) is 90.6 cm³/mol. The Morgan fingerprint density at radius 3 is 2.83 bits per heavy atom. The van der Waals surface area contributed by atoms with Gasteiger partial charge in [-0.25, -0.2) is 4.79 Å². The minimum absolute atomic E-state index is 0.155. The molecule has 1 aromatic carbocycles. The molecule has 0 radical (unpaired) electrons. The Bertz CT molecular complexity index is 811. The van der Waals surface area contributed by atoms with Gasteiger partial charge in [0.05, 0.1) is 18.7 Å². The highest BCUT2D eigenvalue weighted by Gasteiger charge is 2.26. The van der Waals surface area contributed by atoms with Crippen LogP contribution in [0.4, 0.5) is 0 Å². The first-order chi connectivity index (χ1) is 11.8. The molecule has 1 aliphatic carbocycles. The van der Waals surface area contributed by atoms with Crippen LogP contribution >= 0.6 is 0 Å². The normalized spacial score (nSPS) is 19.6. The van der Waals surface area contributed by atoms with E-state index in [1.54, 1.807) is 7.11 Å². The zero-order valence-electron chi connectivity index (χ0n) is 14.2. The number of rotatable bonds is 4. The summed E-state index contributed by atoms with van der Waals surface area (Å²) in [6.07, 6.45) is 5.04. The lowest BCUT2D eigenvalue weighted by atomic mass is 9.90. The van der Waals surface area contributed by atoms with Crippen LogP contribution < -0.4 is 15.3 Å². The molecule has 2 aliphatic rings. The maximum Gasteiger partial charge on any atom is 0.339 e. The van der Waals surface area contributed by atoms with Gasteiger partial charge in [0.25, 0.3) is 0 Å². The average Bonchev–Trinajstić information content (AvgIpc) is 2.62. The largest absolute Gasteiger partial charge is 0.445 e. The van der Waals surface area contributed by atoms with Crippen molar-refractivity contribution >= 4 is 11.0 Å². The van der Waals surface area contributed by atoms with Crippen molar-refractivity contribution in [2.75, 3.05) is 27.0 Å². The van der Waals surface area contributed by atoms with E-state index in [0.717, 1.165) is 79.6 Å². The minimum atomic E-state index is -0.155. The first-order valence-corrected chi connectivity index (χ1v) is 8.83. The maximum atomic E-state index is 12.4. The number of fused-ring (bicyclic) bond motifs is 5. The Hall–Kier alpha value is -1.85. The first kappa shape index (κ1) is 15.7. The Kier molecular flexibility index (Phi) is 4.29. The predicted octanol–water partition coefficient (Wildman–Crippen LogP) is 1.44. The zero-order chi connectivity index (χ0) is 16.5. The van der Waals surface area contributed by atoms with E-state index in [4.69, 9.17) is 13.9 Å². The molecule has 1 atom stereocenters. The fourth-order valence-corrected chi connectivity index (χ4v) is 3.96. The number of aryl methyl sites for hydroxylation is 1. The molecule has 128 valence electrons. The SMILES string of the molecule is COCCC[NH+]1COc2ccc3c4c(c(=O)oc3c2C1)CCCC4. The maximum absolute atomic E-state index is 12.4. The number of methoxy groups -OCH3 is 1. The fourth-order valence-electron chi connectivity index (χ4n) is 3.96. The van der Waals surface area contributed by atoms with Crippen LogP contribution in [-0.2, 0) is 24.1 Å². The number of nitrogens with one attached hydrogen (secondary N) is 1. The fraction of sp³-hybridized carbons (Fsp3) is 0.526. The van der Waals surface area contributed by atoms with Crippen molar-refractivity contribution in [3.63, 3.8) is 0 Å². The summed E-state index contributed by atoms with van der Waals surface area (Å²) in [5, 5.41) is 1.10. The number of hydrogen-bond acceptors (Lipinski definition) is 4. The summed E-state index contributed by atoms with van der Waals surface area (Å²) in [7, 11) is 1.72. The van der Waals surface area contributed by atoms with Crippen LogP contribution in [0.15, 0.2) is 21.3 Å². The van der Waals surface area contributed by atoms with Crippen LogP contribution in [0, 0.1) is 0 Å². The average molecular weight is 330 g/mol. The lowest BCUT2D eigenvalue weighted by Crippen LogP contribution is -3.12. The lowest BCUT2D eigenvalue weighted by molar-refractivity contribution is -0.932. The third-order valence-electron chi connectivity index (χ3n) is 5.19. The standard InChI is InChI=1S/C19H23NO4/c1-22-10-4-9-20-11-16-17(23-12-20)8-7-14-13-5-2-3-6-15(13)19(21)24-18(14)16/h7-8H,2-6,9-12H2,1H3/p+1. The molecular weight excluding hydrogens is 306 g/mol. The third kappa shape index (κ3) is 2.72. The molecule has 2 heterocycles. The molecule has 0 bridgehead atoms. The molecule has 1 aromatic heterocycles. The van der Waals surface area contributed by atoms with Crippen molar-refractivity contribution in [1.82, 2.24) is 0 Å². The van der Waals surface area contributed by atoms with Gasteiger partial charge in [0.15, 0.2) is 5.58 Å². The molecule has 1 unspecified atom stereocenters. The van der Waals surface area contributed by atoms with E-state index in [-0.39, 0.29) is 5.63 Å². The van der Waals surface area contributed by atoms with Crippen LogP contribution in [0.3, 0.4) is 0 Å². The molecule has 5 heteroatoms. The Morgan fingerprint density at radius 1 is 1.17 bits per heavy atom. The van der Waals surface area contributed by atoms with E-state index in [1.807, 2.05) is 6.07 Å². The van der Waals surface area contributed by atoms with E-state index in [9.17, 15) is 4.79 Å². The van der Waals surface area contributed by atoms with Crippen molar-refractivity contribution in [3.8, 4) is 5.75 Å². The smallest absolute Gasteiger partial charge is 0.339 e. The summed E-state index contributed by atoms with van der Waals surface area (Å²) in [4.78, 5) is 13.8. The van der Waals surface area contributed by atoms with E-state index >= 15 is 0 Å². The van der Waals surface area contributed by atoms with Gasteiger partial charge in [-0.15, -0.1) is 0 Å². The van der Waals surface area contributed by atoms with Gasteiger partial charge in [-0.1, -0.05) is 0 Å². The molecule has 2 aromatic rings. The van der Waals surface area contributed by atoms with E-state index in [0.29, 0.717) is 6.73 Å². The van der Waals surface area contributed by atoms with Gasteiger partial charge in [-0.2, -0.15) is 0 Å². The summed E-state index contributed by atoms with van der Waals surface area (Å²) in [5.41, 5.74) is 3.70. The second kappa shape index (κ2) is 6.57. The van der Waals surface area contributed by atoms with E-state index < -0.39 is 0 Å². The summed E-state index contributed by atoms with van der Waals surface area (Å²) >= 11 is 0. The summed E-state index contributed by atoms with van der Waals surface area (Å²) in [5.74, 6) is 0.858. The molecule has 0 saturated carbocycles. The van der Waals surface area contributed by atoms with Crippen LogP contribution in [0.5, 0.6) is 5.75 Å².